The van der Waals surface area contributed by atoms with Crippen molar-refractivity contribution in [1.29, 1.82) is 0 Å². The van der Waals surface area contributed by atoms with E-state index < -0.39 is 180 Å². The molecular weight excluding hydrogens is 1540 g/mol. The minimum Gasteiger partial charge on any atom is -0.481 e. The van der Waals surface area contributed by atoms with Crippen molar-refractivity contribution in [3.05, 3.63) is 81.7 Å². The van der Waals surface area contributed by atoms with Crippen molar-refractivity contribution in [2.75, 3.05) is 62.4 Å². The zero-order valence-corrected chi connectivity index (χ0v) is 61.1. The maximum absolute atomic E-state index is 14.6. The first-order valence-corrected chi connectivity index (χ1v) is 40.6. The summed E-state index contributed by atoms with van der Waals surface area (Å²) in [5, 5.41) is 50.6. The highest BCUT2D eigenvalue weighted by atomic mass is 33.1. The van der Waals surface area contributed by atoms with E-state index in [1.807, 2.05) is 5.32 Å². The van der Waals surface area contributed by atoms with Gasteiger partial charge in [0.15, 0.2) is 21.1 Å². The summed E-state index contributed by atoms with van der Waals surface area (Å²) < 4.78 is 133. The summed E-state index contributed by atoms with van der Waals surface area (Å²) in [6, 6.07) is 5.67. The first kappa shape index (κ1) is 85.7. The monoisotopic (exact) mass is 1610 g/mol. The van der Waals surface area contributed by atoms with Crippen molar-refractivity contribution >= 4 is 135 Å². The lowest BCUT2D eigenvalue weighted by Gasteiger charge is -2.24. The van der Waals surface area contributed by atoms with Crippen LogP contribution in [0.5, 0.6) is 0 Å². The number of nitrogens with two attached hydrogens (primary N) is 1. The maximum atomic E-state index is 14.6. The molecule has 48 heteroatoms. The Morgan fingerprint density at radius 3 is 2.10 bits per heavy atom. The number of aromatic nitrogens is 2. The predicted octanol–water partition coefficient (Wildman–Crippen LogP) is 1.24. The number of hydrogen-bond acceptors (Lipinski definition) is 28. The van der Waals surface area contributed by atoms with E-state index in [0.717, 1.165) is 10.8 Å². The molecule has 1 aliphatic carbocycles. The fourth-order valence-electron chi connectivity index (χ4n) is 10.1. The molecule has 6 rings (SSSR count). The molecule has 574 valence electrons. The second kappa shape index (κ2) is 37.3. The van der Waals surface area contributed by atoms with Crippen LogP contribution in [0.1, 0.15) is 87.4 Å². The van der Waals surface area contributed by atoms with Crippen LogP contribution in [-0.2, 0) is 85.4 Å². The lowest BCUT2D eigenvalue weighted by atomic mass is 9.90. The third-order valence-electron chi connectivity index (χ3n) is 14.6. The molecule has 3 aromatic rings. The van der Waals surface area contributed by atoms with E-state index in [9.17, 15) is 113 Å². The summed E-state index contributed by atoms with van der Waals surface area (Å²) in [7, 11) is -23.7. The van der Waals surface area contributed by atoms with Gasteiger partial charge in [-0.05, 0) is 69.0 Å². The van der Waals surface area contributed by atoms with Crippen LogP contribution in [0.4, 0.5) is 11.5 Å². The molecule has 8 atom stereocenters. The molecule has 5 amide bonds. The largest absolute Gasteiger partial charge is 0.490 e. The summed E-state index contributed by atoms with van der Waals surface area (Å²) in [6.07, 6.45) is -6.52. The van der Waals surface area contributed by atoms with Crippen molar-refractivity contribution in [3.63, 3.8) is 0 Å². The Bertz CT molecular complexity index is 4700. The van der Waals surface area contributed by atoms with Crippen LogP contribution in [0, 0.1) is 11.8 Å². The van der Waals surface area contributed by atoms with Crippen molar-refractivity contribution < 1.29 is 140 Å². The number of phosphoric ester groups is 1. The molecule has 1 saturated heterocycles. The number of hydrogen-bond donors (Lipinski definition) is 16. The quantitative estimate of drug-likeness (QED) is 0.00660. The average Bonchev–Trinajstić information content (AvgIpc) is 1.07. The molecule has 3 aliphatic rings. The summed E-state index contributed by atoms with van der Waals surface area (Å²) in [5.74, 6) is -4.86. The number of carboxylic acids is 3. The van der Waals surface area contributed by atoms with E-state index in [4.69, 9.17) is 24.7 Å². The predicted molar refractivity (Wildman–Crippen MR) is 368 cm³/mol. The van der Waals surface area contributed by atoms with Crippen LogP contribution >= 0.6 is 45.1 Å². The molecule has 3 heterocycles. The van der Waals surface area contributed by atoms with Crippen LogP contribution in [0.2, 0.25) is 0 Å². The number of carbonyl (C=O) groups is 8. The number of rotatable bonds is 38. The molecule has 17 N–H and O–H groups in total. The Balaban J connectivity index is 1.10. The molecule has 2 aromatic carbocycles. The zero-order valence-electron chi connectivity index (χ0n) is 55.2. The zero-order chi connectivity index (χ0) is 78.1. The molecule has 1 fully saturated rings. The normalized spacial score (nSPS) is 16.9. The van der Waals surface area contributed by atoms with E-state index >= 15 is 0 Å². The SMILES string of the molecule is CCN=c1ccc2c(-c3ccccc3C(=O)N(C)CCCC(=O)NC(CCCSSCCC(=O)NCC#Cc3cn([C@H]4CC(O)[C@@H](COP(=O)(O)OP(=O)(O)OP(=O)(O)O)O4)c(=O)nc3N)C(=O)NC(CC(=O)O)C(=O)NC(CC(=O)O)C(=O)O)c3ccc(NCC)c(S(=O)(=O)O)c3oc-2c1S(=O)(=O)O. The number of aliphatic carboxylic acids is 3. The first-order chi connectivity index (χ1) is 49.0. The smallest absolute Gasteiger partial charge is 0.481 e. The van der Waals surface area contributed by atoms with E-state index in [2.05, 4.69) is 56.2 Å². The molecule has 1 aromatic heterocycles. The first-order valence-electron chi connectivity index (χ1n) is 30.7. The summed E-state index contributed by atoms with van der Waals surface area (Å²) in [6.45, 7) is 1.89. The molecular formula is C57H71N10O31P3S4. The minimum absolute atomic E-state index is 0.0179. The number of nitrogens with one attached hydrogen (secondary N) is 5. The van der Waals surface area contributed by atoms with Crippen LogP contribution in [0.15, 0.2) is 78.7 Å². The highest BCUT2D eigenvalue weighted by Gasteiger charge is 2.44. The van der Waals surface area contributed by atoms with Crippen molar-refractivity contribution in [2.45, 2.75) is 112 Å². The number of carbonyl (C=O) groups excluding carboxylic acids is 5. The standard InChI is InChI=1S/C57H71N10O31P3S4/c1-4-59-35-18-16-33-47(34-17-19-36(60-5-2)51(105(91,92)93)49(34)96-48(33)50(35)104(88,89)90)31-12-6-7-13-32(31)55(77)66(3)22-9-15-43(70)62-37(53(75)63-38(25-45(71)72)54(76)64-39(56(78)79)26-46(73)74)14-10-23-102-103-24-20-42(69)61-21-8-11-30-28-67(57(80)65-52(30)58)44-27-40(68)41(95-44)29-94-100(84,85)98-101(86,87)97-99(81,82)83/h6-7,12-13,16-19,28,37-41,44,59,68H,4-5,9-10,14-15,20-27,29H2,1-3H3,(H,61,69)(H,62,70)(H,63,75)(H,64,76)(H,71,72)(H,73,74)(H,78,79)(H,84,85)(H,86,87)(H2,58,65,80)(H2,81,82,83)(H,88,89,90)(H,91,92,93)/t37?,38?,39?,40?,41-,44-/m1/s1. The van der Waals surface area contributed by atoms with E-state index in [1.165, 1.54) is 82.1 Å². The van der Waals surface area contributed by atoms with Gasteiger partial charge in [0, 0.05) is 85.7 Å². The minimum atomic E-state index is -5.86. The number of benzene rings is 3. The number of nitrogens with zero attached hydrogens (tertiary/aromatic N) is 4. The van der Waals surface area contributed by atoms with E-state index in [1.54, 1.807) is 13.8 Å². The summed E-state index contributed by atoms with van der Waals surface area (Å²) >= 11 is 0. The van der Waals surface area contributed by atoms with Gasteiger partial charge in [0.05, 0.1) is 48.7 Å². The number of aliphatic hydroxyl groups excluding tert-OH is 1. The Morgan fingerprint density at radius 1 is 0.810 bits per heavy atom. The van der Waals surface area contributed by atoms with Gasteiger partial charge in [0.1, 0.15) is 36.3 Å². The number of nitrogen functional groups attached to an aromatic ring is 1. The van der Waals surface area contributed by atoms with Gasteiger partial charge in [0.2, 0.25) is 23.6 Å². The van der Waals surface area contributed by atoms with Gasteiger partial charge in [-0.15, -0.1) is 0 Å². The number of fused-ring (bicyclic) bond motifs is 2. The topological polar surface area (TPSA) is 645 Å². The fourth-order valence-corrected chi connectivity index (χ4v) is 16.9. The van der Waals surface area contributed by atoms with Gasteiger partial charge in [-0.2, -0.15) is 30.4 Å². The van der Waals surface area contributed by atoms with Crippen LogP contribution < -0.4 is 43.4 Å². The molecule has 0 spiro atoms. The summed E-state index contributed by atoms with van der Waals surface area (Å²) in [5.41, 5.74) is 4.09. The van der Waals surface area contributed by atoms with Crippen molar-refractivity contribution in [1.82, 2.24) is 35.7 Å². The fraction of sp³-hybridized carbons (Fsp3) is 0.421. The Kier molecular flexibility index (Phi) is 30.5. The van der Waals surface area contributed by atoms with Gasteiger partial charge >= 0.3 is 47.1 Å². The number of carboxylic acid groups (broad SMARTS) is 3. The second-order valence-electron chi connectivity index (χ2n) is 22.4. The highest BCUT2D eigenvalue weighted by molar-refractivity contribution is 8.76. The molecule has 105 heavy (non-hydrogen) atoms. The number of anilines is 2. The lowest BCUT2D eigenvalue weighted by molar-refractivity contribution is -0.148. The maximum Gasteiger partial charge on any atom is 0.490 e. The number of ether oxygens (including phenoxy) is 1. The second-order valence-corrected chi connectivity index (χ2v) is 32.2. The Hall–Kier alpha value is -8.22. The molecule has 0 bridgehead atoms. The van der Waals surface area contributed by atoms with Crippen molar-refractivity contribution in [2.24, 2.45) is 4.99 Å². The third-order valence-corrected chi connectivity index (χ3v) is 22.7. The Labute approximate surface area is 603 Å². The van der Waals surface area contributed by atoms with Gasteiger partial charge in [-0.3, -0.25) is 56.8 Å². The van der Waals surface area contributed by atoms with Crippen LogP contribution in [0.25, 0.3) is 33.4 Å². The summed E-state index contributed by atoms with van der Waals surface area (Å²) in [4.78, 5) is 160. The van der Waals surface area contributed by atoms with Gasteiger partial charge in [0.25, 0.3) is 26.1 Å². The molecule has 0 radical (unpaired) electrons. The number of aliphatic hydroxyl groups is 1. The van der Waals surface area contributed by atoms with Crippen LogP contribution in [0.3, 0.4) is 0 Å². The average molecular weight is 1610 g/mol. The lowest BCUT2D eigenvalue weighted by Crippen LogP contribution is -2.56. The van der Waals surface area contributed by atoms with E-state index in [0.29, 0.717) is 0 Å². The molecule has 41 nitrogen and oxygen atoms in total. The Morgan fingerprint density at radius 2 is 1.46 bits per heavy atom. The van der Waals surface area contributed by atoms with Gasteiger partial charge < -0.3 is 86.4 Å². The number of amides is 5. The number of phosphoric acid groups is 3. The van der Waals surface area contributed by atoms with Crippen LogP contribution in [-0.4, -0.2) is 210 Å². The van der Waals surface area contributed by atoms with Gasteiger partial charge in [-0.1, -0.05) is 51.6 Å². The molecule has 0 saturated carbocycles. The third kappa shape index (κ3) is 24.9. The van der Waals surface area contributed by atoms with E-state index in [-0.39, 0.29) is 120 Å². The highest BCUT2D eigenvalue weighted by Crippen LogP contribution is 2.66. The molecule has 2 aliphatic heterocycles. The van der Waals surface area contributed by atoms with Crippen molar-refractivity contribution in [3.8, 4) is 34.3 Å². The molecule has 6 unspecified atom stereocenters. The van der Waals surface area contributed by atoms with Gasteiger partial charge in [-0.25, -0.2) is 23.3 Å².